The predicted octanol–water partition coefficient (Wildman–Crippen LogP) is 1.54. The fourth-order valence-electron chi connectivity index (χ4n) is 2.02. The summed E-state index contributed by atoms with van der Waals surface area (Å²) in [4.78, 5) is 22.2. The summed E-state index contributed by atoms with van der Waals surface area (Å²) in [6.07, 6.45) is 3.79. The van der Waals surface area contributed by atoms with E-state index in [9.17, 15) is 4.79 Å². The molecule has 1 aliphatic heterocycles. The molecule has 0 aliphatic carbocycles. The Hall–Kier alpha value is -1.30. The lowest BCUT2D eigenvalue weighted by Crippen LogP contribution is -2.29. The van der Waals surface area contributed by atoms with Crippen LogP contribution in [0.2, 0.25) is 0 Å². The van der Waals surface area contributed by atoms with Crippen molar-refractivity contribution in [3.63, 3.8) is 0 Å². The molecule has 1 amide bonds. The van der Waals surface area contributed by atoms with E-state index >= 15 is 0 Å². The van der Waals surface area contributed by atoms with E-state index in [0.29, 0.717) is 5.75 Å². The van der Waals surface area contributed by atoms with Gasteiger partial charge in [0.15, 0.2) is 0 Å². The van der Waals surface area contributed by atoms with Crippen LogP contribution in [0.25, 0.3) is 0 Å². The van der Waals surface area contributed by atoms with Gasteiger partial charge in [-0.25, -0.2) is 9.97 Å². The van der Waals surface area contributed by atoms with Crippen LogP contribution in [0.4, 0.5) is 5.82 Å². The topological polar surface area (TPSA) is 58.1 Å². The number of carbonyl (C=O) groups is 1. The van der Waals surface area contributed by atoms with Crippen molar-refractivity contribution in [3.8, 4) is 0 Å². The summed E-state index contributed by atoms with van der Waals surface area (Å²) in [6.45, 7) is 3.78. The van der Waals surface area contributed by atoms with Gasteiger partial charge in [0.2, 0.25) is 5.91 Å². The molecule has 0 saturated carbocycles. The fraction of sp³-hybridized carbons (Fsp3) is 0.583. The molecule has 98 valence electrons. The molecule has 0 atom stereocenters. The Morgan fingerprint density at radius 1 is 1.44 bits per heavy atom. The number of rotatable bonds is 4. The third-order valence-corrected chi connectivity index (χ3v) is 4.14. The van der Waals surface area contributed by atoms with Gasteiger partial charge in [0, 0.05) is 25.7 Å². The normalized spacial score (nSPS) is 14.9. The van der Waals surface area contributed by atoms with Gasteiger partial charge >= 0.3 is 0 Å². The van der Waals surface area contributed by atoms with Gasteiger partial charge in [0.05, 0.1) is 5.75 Å². The lowest BCUT2D eigenvalue weighted by Gasteiger charge is -2.15. The van der Waals surface area contributed by atoms with Crippen LogP contribution in [0.1, 0.15) is 18.4 Å². The second kappa shape index (κ2) is 6.04. The number of likely N-dealkylation sites (tertiary alicyclic amines) is 1. The summed E-state index contributed by atoms with van der Waals surface area (Å²) in [5.74, 6) is 1.49. The minimum atomic E-state index is 0.210. The van der Waals surface area contributed by atoms with E-state index in [0.717, 1.165) is 42.3 Å². The SMILES string of the molecule is CNc1ncnc(SCC(=O)N2CCCC2)c1C. The Kier molecular flexibility index (Phi) is 4.41. The quantitative estimate of drug-likeness (QED) is 0.662. The summed E-state index contributed by atoms with van der Waals surface area (Å²) in [7, 11) is 1.83. The van der Waals surface area contributed by atoms with Crippen molar-refractivity contribution in [2.75, 3.05) is 31.2 Å². The van der Waals surface area contributed by atoms with Gasteiger partial charge < -0.3 is 10.2 Å². The number of amides is 1. The van der Waals surface area contributed by atoms with Gasteiger partial charge in [0.1, 0.15) is 17.2 Å². The number of hydrogen-bond acceptors (Lipinski definition) is 5. The first-order chi connectivity index (χ1) is 8.72. The Labute approximate surface area is 111 Å². The Balaban J connectivity index is 1.95. The molecule has 1 fully saturated rings. The first kappa shape index (κ1) is 13.1. The van der Waals surface area contributed by atoms with E-state index in [2.05, 4.69) is 15.3 Å². The smallest absolute Gasteiger partial charge is 0.232 e. The molecule has 18 heavy (non-hydrogen) atoms. The number of anilines is 1. The molecule has 0 bridgehead atoms. The molecule has 6 heteroatoms. The third kappa shape index (κ3) is 2.93. The summed E-state index contributed by atoms with van der Waals surface area (Å²) in [5.41, 5.74) is 0.999. The van der Waals surface area contributed by atoms with E-state index in [-0.39, 0.29) is 5.91 Å². The Bertz CT molecular complexity index is 432. The summed E-state index contributed by atoms with van der Waals surface area (Å²) >= 11 is 1.49. The third-order valence-electron chi connectivity index (χ3n) is 3.07. The van der Waals surface area contributed by atoms with E-state index in [1.165, 1.54) is 18.1 Å². The minimum Gasteiger partial charge on any atom is -0.373 e. The van der Waals surface area contributed by atoms with Crippen LogP contribution < -0.4 is 5.32 Å². The van der Waals surface area contributed by atoms with E-state index < -0.39 is 0 Å². The van der Waals surface area contributed by atoms with Crippen molar-refractivity contribution in [1.82, 2.24) is 14.9 Å². The van der Waals surface area contributed by atoms with Crippen LogP contribution in [-0.4, -0.2) is 46.7 Å². The minimum absolute atomic E-state index is 0.210. The van der Waals surface area contributed by atoms with Crippen molar-refractivity contribution in [1.29, 1.82) is 0 Å². The molecule has 1 aromatic rings. The summed E-state index contributed by atoms with van der Waals surface area (Å²) in [6, 6.07) is 0. The Morgan fingerprint density at radius 3 is 2.83 bits per heavy atom. The molecular weight excluding hydrogens is 248 g/mol. The van der Waals surface area contributed by atoms with Crippen LogP contribution in [0.15, 0.2) is 11.4 Å². The maximum absolute atomic E-state index is 11.9. The molecule has 1 aromatic heterocycles. The second-order valence-corrected chi connectivity index (χ2v) is 5.24. The van der Waals surface area contributed by atoms with E-state index in [1.54, 1.807) is 0 Å². The lowest BCUT2D eigenvalue weighted by atomic mass is 10.3. The molecule has 0 radical (unpaired) electrons. The molecule has 2 heterocycles. The van der Waals surface area contributed by atoms with Gasteiger partial charge in [-0.2, -0.15) is 0 Å². The zero-order chi connectivity index (χ0) is 13.0. The molecule has 0 spiro atoms. The highest BCUT2D eigenvalue weighted by molar-refractivity contribution is 7.99. The highest BCUT2D eigenvalue weighted by Crippen LogP contribution is 2.24. The predicted molar refractivity (Wildman–Crippen MR) is 72.9 cm³/mol. The van der Waals surface area contributed by atoms with Crippen molar-refractivity contribution in [2.45, 2.75) is 24.8 Å². The van der Waals surface area contributed by atoms with Crippen LogP contribution >= 0.6 is 11.8 Å². The standard InChI is InChI=1S/C12H18N4OS/c1-9-11(13-2)14-8-15-12(9)18-7-10(17)16-5-3-4-6-16/h8H,3-7H2,1-2H3,(H,13,14,15). The summed E-state index contributed by atoms with van der Waals surface area (Å²) < 4.78 is 0. The van der Waals surface area contributed by atoms with Crippen molar-refractivity contribution >= 4 is 23.5 Å². The Morgan fingerprint density at radius 2 is 2.17 bits per heavy atom. The number of nitrogens with zero attached hydrogens (tertiary/aromatic N) is 3. The van der Waals surface area contributed by atoms with Crippen LogP contribution in [0.5, 0.6) is 0 Å². The monoisotopic (exact) mass is 266 g/mol. The molecule has 2 rings (SSSR count). The molecule has 5 nitrogen and oxygen atoms in total. The largest absolute Gasteiger partial charge is 0.373 e. The lowest BCUT2D eigenvalue weighted by molar-refractivity contribution is -0.127. The number of nitrogens with one attached hydrogen (secondary N) is 1. The molecule has 1 saturated heterocycles. The maximum Gasteiger partial charge on any atom is 0.232 e. The number of hydrogen-bond donors (Lipinski definition) is 1. The van der Waals surface area contributed by atoms with Crippen LogP contribution in [-0.2, 0) is 4.79 Å². The zero-order valence-electron chi connectivity index (χ0n) is 10.8. The second-order valence-electron chi connectivity index (χ2n) is 4.28. The maximum atomic E-state index is 11.9. The highest BCUT2D eigenvalue weighted by atomic mass is 32.2. The van der Waals surface area contributed by atoms with Crippen molar-refractivity contribution in [3.05, 3.63) is 11.9 Å². The molecule has 1 aliphatic rings. The first-order valence-electron chi connectivity index (χ1n) is 6.12. The van der Waals surface area contributed by atoms with Gasteiger partial charge in [-0.15, -0.1) is 0 Å². The fourth-order valence-corrected chi connectivity index (χ4v) is 2.90. The molecule has 0 aromatic carbocycles. The first-order valence-corrected chi connectivity index (χ1v) is 7.11. The number of aromatic nitrogens is 2. The average molecular weight is 266 g/mol. The number of thioether (sulfide) groups is 1. The highest BCUT2D eigenvalue weighted by Gasteiger charge is 2.18. The molecular formula is C12H18N4OS. The van der Waals surface area contributed by atoms with Gasteiger partial charge in [0.25, 0.3) is 0 Å². The summed E-state index contributed by atoms with van der Waals surface area (Å²) in [5, 5.41) is 3.90. The number of carbonyl (C=O) groups excluding carboxylic acids is 1. The van der Waals surface area contributed by atoms with Gasteiger partial charge in [-0.1, -0.05) is 11.8 Å². The van der Waals surface area contributed by atoms with E-state index in [1.807, 2.05) is 18.9 Å². The zero-order valence-corrected chi connectivity index (χ0v) is 11.6. The molecule has 0 unspecified atom stereocenters. The molecule has 1 N–H and O–H groups in total. The van der Waals surface area contributed by atoms with Crippen molar-refractivity contribution in [2.24, 2.45) is 0 Å². The average Bonchev–Trinajstić information content (AvgIpc) is 2.91. The van der Waals surface area contributed by atoms with Gasteiger partial charge in [-0.3, -0.25) is 4.79 Å². The van der Waals surface area contributed by atoms with Crippen LogP contribution in [0, 0.1) is 6.92 Å². The van der Waals surface area contributed by atoms with Crippen molar-refractivity contribution < 1.29 is 4.79 Å². The van der Waals surface area contributed by atoms with Crippen LogP contribution in [0.3, 0.4) is 0 Å². The van der Waals surface area contributed by atoms with Gasteiger partial charge in [-0.05, 0) is 19.8 Å². The van der Waals surface area contributed by atoms with E-state index in [4.69, 9.17) is 0 Å².